The Morgan fingerprint density at radius 3 is 2.33 bits per heavy atom. The second-order valence-corrected chi connectivity index (χ2v) is 6.61. The molecule has 2 aromatic rings. The van der Waals surface area contributed by atoms with E-state index in [9.17, 15) is 19.7 Å². The van der Waals surface area contributed by atoms with E-state index in [0.29, 0.717) is 5.56 Å². The van der Waals surface area contributed by atoms with Crippen LogP contribution in [-0.4, -0.2) is 22.8 Å². The number of nitro groups is 1. The smallest absolute Gasteiger partial charge is 0.329 e. The second-order valence-electron chi connectivity index (χ2n) is 6.21. The Morgan fingerprint density at radius 1 is 1.15 bits per heavy atom. The lowest BCUT2D eigenvalue weighted by Gasteiger charge is -2.21. The Kier molecular flexibility index (Phi) is 6.90. The molecule has 0 saturated carbocycles. The van der Waals surface area contributed by atoms with Gasteiger partial charge < -0.3 is 10.1 Å². The van der Waals surface area contributed by atoms with Gasteiger partial charge in [-0.1, -0.05) is 37.6 Å². The van der Waals surface area contributed by atoms with Gasteiger partial charge >= 0.3 is 5.97 Å². The third-order valence-electron chi connectivity index (χ3n) is 3.85. The quantitative estimate of drug-likeness (QED) is 0.441. The predicted octanol–water partition coefficient (Wildman–Crippen LogP) is 3.75. The van der Waals surface area contributed by atoms with Gasteiger partial charge in [0.25, 0.3) is 11.6 Å². The van der Waals surface area contributed by atoms with Gasteiger partial charge in [0.2, 0.25) is 0 Å². The molecule has 0 spiro atoms. The summed E-state index contributed by atoms with van der Waals surface area (Å²) in [5, 5.41) is 13.6. The molecule has 0 bridgehead atoms. The van der Waals surface area contributed by atoms with Crippen LogP contribution in [0.4, 0.5) is 5.69 Å². The number of non-ortho nitro benzene ring substituents is 1. The summed E-state index contributed by atoms with van der Waals surface area (Å²) >= 11 is 6.01. The van der Waals surface area contributed by atoms with E-state index in [1.165, 1.54) is 24.3 Å². The number of carbonyl (C=O) groups is 2. The lowest BCUT2D eigenvalue weighted by Crippen LogP contribution is -2.45. The van der Waals surface area contributed by atoms with Crippen LogP contribution in [0.3, 0.4) is 0 Å². The summed E-state index contributed by atoms with van der Waals surface area (Å²) in [6.45, 7) is 3.51. The number of rotatable bonds is 7. The standard InChI is InChI=1S/C19H19ClN2O5/c1-12(2)17(21-18(23)15-5-3-4-6-16(15)20)19(24)27-11-13-7-9-14(10-8-13)22(25)26/h3-10,12,17H,11H2,1-2H3,(H,21,23)/t17-/m1/s1. The number of nitro benzene ring substituents is 1. The molecule has 0 aromatic heterocycles. The van der Waals surface area contributed by atoms with E-state index >= 15 is 0 Å². The number of halogens is 1. The summed E-state index contributed by atoms with van der Waals surface area (Å²) in [6, 6.07) is 11.4. The third-order valence-corrected chi connectivity index (χ3v) is 4.18. The van der Waals surface area contributed by atoms with E-state index in [-0.39, 0.29) is 28.8 Å². The first kappa shape index (κ1) is 20.4. The molecule has 1 N–H and O–H groups in total. The van der Waals surface area contributed by atoms with Gasteiger partial charge in [0.1, 0.15) is 12.6 Å². The molecule has 7 nitrogen and oxygen atoms in total. The molecule has 1 atom stereocenters. The van der Waals surface area contributed by atoms with Crippen molar-refractivity contribution in [3.63, 3.8) is 0 Å². The molecule has 1 amide bonds. The van der Waals surface area contributed by atoms with Gasteiger partial charge in [-0.15, -0.1) is 0 Å². The molecule has 0 fully saturated rings. The molecule has 2 aromatic carbocycles. The maximum atomic E-state index is 12.4. The van der Waals surface area contributed by atoms with E-state index in [4.69, 9.17) is 16.3 Å². The Labute approximate surface area is 161 Å². The first-order valence-electron chi connectivity index (χ1n) is 8.25. The molecule has 0 aliphatic rings. The average Bonchev–Trinajstić information content (AvgIpc) is 2.64. The summed E-state index contributed by atoms with van der Waals surface area (Å²) in [6.07, 6.45) is 0. The minimum atomic E-state index is -0.855. The lowest BCUT2D eigenvalue weighted by atomic mass is 10.0. The van der Waals surface area contributed by atoms with Crippen molar-refractivity contribution in [2.24, 2.45) is 5.92 Å². The number of carbonyl (C=O) groups excluding carboxylic acids is 2. The Hall–Kier alpha value is -2.93. The summed E-state index contributed by atoms with van der Waals surface area (Å²) in [4.78, 5) is 35.0. The fourth-order valence-corrected chi connectivity index (χ4v) is 2.54. The highest BCUT2D eigenvalue weighted by Gasteiger charge is 2.26. The minimum absolute atomic E-state index is 0.0443. The molecule has 0 radical (unpaired) electrons. The first-order valence-corrected chi connectivity index (χ1v) is 8.62. The van der Waals surface area contributed by atoms with Crippen LogP contribution in [0.15, 0.2) is 48.5 Å². The second kappa shape index (κ2) is 9.14. The molecule has 27 heavy (non-hydrogen) atoms. The van der Waals surface area contributed by atoms with Gasteiger partial charge in [-0.2, -0.15) is 0 Å². The molecule has 0 aliphatic carbocycles. The van der Waals surface area contributed by atoms with Crippen LogP contribution < -0.4 is 5.32 Å². The zero-order chi connectivity index (χ0) is 20.0. The molecular formula is C19H19ClN2O5. The third kappa shape index (κ3) is 5.52. The van der Waals surface area contributed by atoms with E-state index in [1.54, 1.807) is 38.1 Å². The average molecular weight is 391 g/mol. The van der Waals surface area contributed by atoms with Crippen LogP contribution >= 0.6 is 11.6 Å². The van der Waals surface area contributed by atoms with E-state index in [2.05, 4.69) is 5.32 Å². The maximum absolute atomic E-state index is 12.4. The number of nitrogens with zero attached hydrogens (tertiary/aromatic N) is 1. The predicted molar refractivity (Wildman–Crippen MR) is 100 cm³/mol. The molecule has 0 saturated heterocycles. The molecule has 8 heteroatoms. The lowest BCUT2D eigenvalue weighted by molar-refractivity contribution is -0.384. The van der Waals surface area contributed by atoms with Crippen LogP contribution in [0.1, 0.15) is 29.8 Å². The van der Waals surface area contributed by atoms with Crippen LogP contribution in [0, 0.1) is 16.0 Å². The molecule has 0 heterocycles. The number of ether oxygens (including phenoxy) is 1. The fourth-order valence-electron chi connectivity index (χ4n) is 2.32. The Bertz CT molecular complexity index is 836. The number of nitrogens with one attached hydrogen (secondary N) is 1. The Balaban J connectivity index is 2.01. The number of hydrogen-bond acceptors (Lipinski definition) is 5. The Morgan fingerprint density at radius 2 is 1.78 bits per heavy atom. The first-order chi connectivity index (χ1) is 12.8. The summed E-state index contributed by atoms with van der Waals surface area (Å²) < 4.78 is 5.26. The van der Waals surface area contributed by atoms with Crippen molar-refractivity contribution in [3.8, 4) is 0 Å². The molecule has 0 unspecified atom stereocenters. The SMILES string of the molecule is CC(C)[C@@H](NC(=O)c1ccccc1Cl)C(=O)OCc1ccc([N+](=O)[O-])cc1. The zero-order valence-corrected chi connectivity index (χ0v) is 15.6. The van der Waals surface area contributed by atoms with Crippen molar-refractivity contribution in [1.82, 2.24) is 5.32 Å². The van der Waals surface area contributed by atoms with Gasteiger partial charge in [-0.25, -0.2) is 4.79 Å². The fraction of sp³-hybridized carbons (Fsp3) is 0.263. The monoisotopic (exact) mass is 390 g/mol. The number of hydrogen-bond donors (Lipinski definition) is 1. The largest absolute Gasteiger partial charge is 0.459 e. The molecule has 2 rings (SSSR count). The van der Waals surface area contributed by atoms with Crippen LogP contribution in [-0.2, 0) is 16.1 Å². The zero-order valence-electron chi connectivity index (χ0n) is 14.8. The van der Waals surface area contributed by atoms with Gasteiger partial charge in [0.05, 0.1) is 15.5 Å². The minimum Gasteiger partial charge on any atom is -0.459 e. The van der Waals surface area contributed by atoms with Crippen molar-refractivity contribution < 1.29 is 19.2 Å². The highest BCUT2D eigenvalue weighted by atomic mass is 35.5. The van der Waals surface area contributed by atoms with Crippen LogP contribution in [0.25, 0.3) is 0 Å². The number of benzene rings is 2. The maximum Gasteiger partial charge on any atom is 0.329 e. The van der Waals surface area contributed by atoms with Crippen molar-refractivity contribution in [2.75, 3.05) is 0 Å². The number of esters is 1. The normalized spacial score (nSPS) is 11.7. The van der Waals surface area contributed by atoms with E-state index in [1.807, 2.05) is 0 Å². The molecular weight excluding hydrogens is 372 g/mol. The summed E-state index contributed by atoms with van der Waals surface area (Å²) in [5.41, 5.74) is 0.832. The van der Waals surface area contributed by atoms with Gasteiger partial charge in [0, 0.05) is 12.1 Å². The van der Waals surface area contributed by atoms with Gasteiger partial charge in [0.15, 0.2) is 0 Å². The van der Waals surface area contributed by atoms with Crippen LogP contribution in [0.2, 0.25) is 5.02 Å². The topological polar surface area (TPSA) is 98.5 Å². The van der Waals surface area contributed by atoms with Gasteiger partial charge in [-0.3, -0.25) is 14.9 Å². The highest BCUT2D eigenvalue weighted by Crippen LogP contribution is 2.16. The van der Waals surface area contributed by atoms with E-state index in [0.717, 1.165) is 0 Å². The van der Waals surface area contributed by atoms with Gasteiger partial charge in [-0.05, 0) is 35.7 Å². The van der Waals surface area contributed by atoms with Crippen molar-refractivity contribution in [1.29, 1.82) is 0 Å². The van der Waals surface area contributed by atoms with Crippen molar-refractivity contribution in [3.05, 3.63) is 74.8 Å². The van der Waals surface area contributed by atoms with Crippen molar-refractivity contribution >= 4 is 29.2 Å². The van der Waals surface area contributed by atoms with E-state index < -0.39 is 22.8 Å². The highest BCUT2D eigenvalue weighted by molar-refractivity contribution is 6.33. The number of amides is 1. The van der Waals surface area contributed by atoms with Crippen molar-refractivity contribution in [2.45, 2.75) is 26.5 Å². The summed E-state index contributed by atoms with van der Waals surface area (Å²) in [7, 11) is 0. The summed E-state index contributed by atoms with van der Waals surface area (Å²) in [5.74, 6) is -1.27. The molecule has 0 aliphatic heterocycles. The van der Waals surface area contributed by atoms with Crippen LogP contribution in [0.5, 0.6) is 0 Å². The molecule has 142 valence electrons.